The molecule has 0 aromatic heterocycles. The van der Waals surface area contributed by atoms with Gasteiger partial charge in [0.25, 0.3) is 5.91 Å². The predicted molar refractivity (Wildman–Crippen MR) is 103 cm³/mol. The molecule has 8 heteroatoms. The first-order chi connectivity index (χ1) is 12.4. The van der Waals surface area contributed by atoms with Crippen molar-refractivity contribution in [1.82, 2.24) is 5.01 Å². The molecule has 0 aliphatic carbocycles. The molecule has 1 aliphatic rings. The van der Waals surface area contributed by atoms with Crippen LogP contribution in [0.2, 0.25) is 0 Å². The number of benzene rings is 2. The molecule has 0 radical (unpaired) electrons. The number of rotatable bonds is 5. The third-order valence-electron chi connectivity index (χ3n) is 4.00. The average molecular weight is 392 g/mol. The van der Waals surface area contributed by atoms with Crippen LogP contribution in [0.3, 0.4) is 0 Å². The molecule has 1 amide bonds. The Labute approximate surface area is 157 Å². The molecule has 3 rings (SSSR count). The van der Waals surface area contributed by atoms with Gasteiger partial charge >= 0.3 is 0 Å². The van der Waals surface area contributed by atoms with Crippen LogP contribution >= 0.6 is 11.6 Å². The van der Waals surface area contributed by atoms with E-state index in [1.165, 1.54) is 5.01 Å². The summed E-state index contributed by atoms with van der Waals surface area (Å²) in [5, 5.41) is 5.84. The number of anilines is 1. The fourth-order valence-electron chi connectivity index (χ4n) is 2.92. The van der Waals surface area contributed by atoms with Gasteiger partial charge in [-0.1, -0.05) is 48.5 Å². The van der Waals surface area contributed by atoms with E-state index < -0.39 is 10.0 Å². The Morgan fingerprint density at radius 3 is 2.50 bits per heavy atom. The Morgan fingerprint density at radius 1 is 1.19 bits per heavy atom. The van der Waals surface area contributed by atoms with Crippen molar-refractivity contribution < 1.29 is 13.2 Å². The zero-order chi connectivity index (χ0) is 18.7. The Morgan fingerprint density at radius 2 is 1.85 bits per heavy atom. The summed E-state index contributed by atoms with van der Waals surface area (Å²) in [6.07, 6.45) is 1.56. The number of hydrogen-bond acceptors (Lipinski definition) is 4. The highest BCUT2D eigenvalue weighted by molar-refractivity contribution is 7.92. The molecule has 2 aromatic rings. The molecule has 2 aromatic carbocycles. The SMILES string of the molecule is CS(=O)(=O)Nc1ccccc1C1=NN(C(=O)CCl)[C@@H](c2ccccc2)C1. The van der Waals surface area contributed by atoms with Crippen molar-refractivity contribution in [2.45, 2.75) is 12.5 Å². The van der Waals surface area contributed by atoms with Crippen molar-refractivity contribution in [3.8, 4) is 0 Å². The minimum atomic E-state index is -3.44. The lowest BCUT2D eigenvalue weighted by molar-refractivity contribution is -0.130. The van der Waals surface area contributed by atoms with Crippen LogP contribution in [0.1, 0.15) is 23.6 Å². The Hall–Kier alpha value is -2.38. The van der Waals surface area contributed by atoms with E-state index in [4.69, 9.17) is 11.6 Å². The monoisotopic (exact) mass is 391 g/mol. The van der Waals surface area contributed by atoms with E-state index in [0.29, 0.717) is 23.4 Å². The highest BCUT2D eigenvalue weighted by Gasteiger charge is 2.33. The largest absolute Gasteiger partial charge is 0.283 e. The minimum absolute atomic E-state index is 0.177. The van der Waals surface area contributed by atoms with Crippen LogP contribution in [0.15, 0.2) is 59.7 Å². The van der Waals surface area contributed by atoms with Gasteiger partial charge in [0.2, 0.25) is 10.0 Å². The number of hydrogen-bond donors (Lipinski definition) is 1. The van der Waals surface area contributed by atoms with E-state index in [1.54, 1.807) is 24.3 Å². The Bertz CT molecular complexity index is 945. The van der Waals surface area contributed by atoms with Crippen LogP contribution in [0, 0.1) is 0 Å². The summed E-state index contributed by atoms with van der Waals surface area (Å²) in [5.41, 5.74) is 2.65. The molecule has 0 spiro atoms. The molecule has 26 heavy (non-hydrogen) atoms. The molecule has 1 N–H and O–H groups in total. The maximum absolute atomic E-state index is 12.3. The quantitative estimate of drug-likeness (QED) is 0.796. The summed E-state index contributed by atoms with van der Waals surface area (Å²) in [5.74, 6) is -0.479. The van der Waals surface area contributed by atoms with Crippen molar-refractivity contribution in [2.75, 3.05) is 16.9 Å². The number of nitrogens with one attached hydrogen (secondary N) is 1. The number of hydrazone groups is 1. The first kappa shape index (κ1) is 18.4. The number of carbonyl (C=O) groups is 1. The summed E-state index contributed by atoms with van der Waals surface area (Å²) in [7, 11) is -3.44. The van der Waals surface area contributed by atoms with Crippen LogP contribution in [-0.2, 0) is 14.8 Å². The van der Waals surface area contributed by atoms with Crippen LogP contribution in [0.25, 0.3) is 0 Å². The second-order valence-electron chi connectivity index (χ2n) is 5.97. The highest BCUT2D eigenvalue weighted by Crippen LogP contribution is 2.34. The highest BCUT2D eigenvalue weighted by atomic mass is 35.5. The number of alkyl halides is 1. The minimum Gasteiger partial charge on any atom is -0.283 e. The summed E-state index contributed by atoms with van der Waals surface area (Å²) in [6, 6.07) is 16.3. The lowest BCUT2D eigenvalue weighted by Gasteiger charge is -2.21. The van der Waals surface area contributed by atoms with Crippen LogP contribution in [-0.4, -0.2) is 37.2 Å². The fourth-order valence-corrected chi connectivity index (χ4v) is 3.62. The summed E-state index contributed by atoms with van der Waals surface area (Å²) in [4.78, 5) is 12.3. The van der Waals surface area contributed by atoms with Gasteiger partial charge in [0.15, 0.2) is 0 Å². The van der Waals surface area contributed by atoms with Crippen molar-refractivity contribution in [2.24, 2.45) is 5.10 Å². The van der Waals surface area contributed by atoms with Crippen molar-refractivity contribution in [3.05, 3.63) is 65.7 Å². The van der Waals surface area contributed by atoms with Crippen LogP contribution in [0.5, 0.6) is 0 Å². The maximum atomic E-state index is 12.3. The normalized spacial score (nSPS) is 17.1. The standard InChI is InChI=1S/C18H18ClN3O3S/c1-26(24,25)21-15-10-6-5-9-14(15)16-11-17(13-7-3-2-4-8-13)22(20-16)18(23)12-19/h2-10,17,21H,11-12H2,1H3/t17-/m1/s1. The second kappa shape index (κ2) is 7.47. The van der Waals surface area contributed by atoms with Crippen molar-refractivity contribution >= 4 is 38.9 Å². The summed E-state index contributed by atoms with van der Waals surface area (Å²) < 4.78 is 25.8. The summed E-state index contributed by atoms with van der Waals surface area (Å²) in [6.45, 7) is 0. The number of carbonyl (C=O) groups excluding carboxylic acids is 1. The lowest BCUT2D eigenvalue weighted by atomic mass is 9.98. The van der Waals surface area contributed by atoms with Crippen LogP contribution in [0.4, 0.5) is 5.69 Å². The van der Waals surface area contributed by atoms with E-state index in [2.05, 4.69) is 9.82 Å². The number of nitrogens with zero attached hydrogens (tertiary/aromatic N) is 2. The Kier molecular flexibility index (Phi) is 5.29. The zero-order valence-corrected chi connectivity index (χ0v) is 15.7. The van der Waals surface area contributed by atoms with Gasteiger partial charge in [0.1, 0.15) is 5.88 Å². The summed E-state index contributed by atoms with van der Waals surface area (Å²) >= 11 is 5.74. The lowest BCUT2D eigenvalue weighted by Crippen LogP contribution is -2.27. The third kappa shape index (κ3) is 4.05. The van der Waals surface area contributed by atoms with E-state index in [1.807, 2.05) is 30.3 Å². The molecule has 0 bridgehead atoms. The molecule has 0 saturated carbocycles. The zero-order valence-electron chi connectivity index (χ0n) is 14.1. The first-order valence-electron chi connectivity index (χ1n) is 7.96. The van der Waals surface area contributed by atoms with E-state index in [9.17, 15) is 13.2 Å². The number of para-hydroxylation sites is 1. The molecule has 0 unspecified atom stereocenters. The van der Waals surface area contributed by atoms with Gasteiger partial charge < -0.3 is 0 Å². The van der Waals surface area contributed by atoms with E-state index in [0.717, 1.165) is 11.8 Å². The molecule has 136 valence electrons. The van der Waals surface area contributed by atoms with Gasteiger partial charge in [0, 0.05) is 12.0 Å². The number of sulfonamides is 1. The van der Waals surface area contributed by atoms with Gasteiger partial charge in [-0.25, -0.2) is 13.4 Å². The van der Waals surface area contributed by atoms with Crippen LogP contribution < -0.4 is 4.72 Å². The van der Waals surface area contributed by atoms with Gasteiger partial charge in [-0.3, -0.25) is 9.52 Å². The molecule has 0 saturated heterocycles. The number of halogens is 1. The average Bonchev–Trinajstić information content (AvgIpc) is 3.06. The molecular weight excluding hydrogens is 374 g/mol. The molecule has 1 aliphatic heterocycles. The topological polar surface area (TPSA) is 78.8 Å². The molecule has 1 heterocycles. The van der Waals surface area contributed by atoms with Gasteiger partial charge in [-0.2, -0.15) is 5.10 Å². The first-order valence-corrected chi connectivity index (χ1v) is 10.4. The smallest absolute Gasteiger partial charge is 0.258 e. The van der Waals surface area contributed by atoms with Gasteiger partial charge in [0.05, 0.1) is 23.7 Å². The predicted octanol–water partition coefficient (Wildman–Crippen LogP) is 2.97. The van der Waals surface area contributed by atoms with E-state index in [-0.39, 0.29) is 17.8 Å². The van der Waals surface area contributed by atoms with E-state index >= 15 is 0 Å². The van der Waals surface area contributed by atoms with Crippen molar-refractivity contribution in [1.29, 1.82) is 0 Å². The second-order valence-corrected chi connectivity index (χ2v) is 7.98. The van der Waals surface area contributed by atoms with Gasteiger partial charge in [-0.05, 0) is 11.6 Å². The fraction of sp³-hybridized carbons (Fsp3) is 0.222. The molecule has 6 nitrogen and oxygen atoms in total. The third-order valence-corrected chi connectivity index (χ3v) is 4.82. The maximum Gasteiger partial charge on any atom is 0.258 e. The number of amides is 1. The van der Waals surface area contributed by atoms with Crippen molar-refractivity contribution in [3.63, 3.8) is 0 Å². The molecule has 1 atom stereocenters. The Balaban J connectivity index is 2.00. The molecule has 0 fully saturated rings. The molecular formula is C18H18ClN3O3S. The van der Waals surface area contributed by atoms with Gasteiger partial charge in [-0.15, -0.1) is 11.6 Å².